The Morgan fingerprint density at radius 3 is 2.23 bits per heavy atom. The van der Waals surface area contributed by atoms with Crippen LogP contribution in [0.2, 0.25) is 0 Å². The molecule has 0 amide bonds. The molecule has 0 aliphatic rings. The molecule has 1 heterocycles. The van der Waals surface area contributed by atoms with Gasteiger partial charge in [-0.05, 0) is 23.3 Å². The van der Waals surface area contributed by atoms with Crippen LogP contribution in [0.3, 0.4) is 0 Å². The van der Waals surface area contributed by atoms with E-state index in [0.717, 1.165) is 5.56 Å². The minimum absolute atomic E-state index is 0.185. The number of nitrogens with zero attached hydrogens (tertiary/aromatic N) is 1. The minimum atomic E-state index is -1.70. The standard InChI is InChI=1S/C16H13NO5/c18-13-4-3-12(9-14(13)19)2-1-11-5-7-17(8-6-11)10-15(20)16(21)22/h1-9H,10H2,(H2,19,21,22). The van der Waals surface area contributed by atoms with Gasteiger partial charge < -0.3 is 20.1 Å². The Labute approximate surface area is 126 Å². The summed E-state index contributed by atoms with van der Waals surface area (Å²) in [7, 11) is 0. The maximum atomic E-state index is 11.0. The molecule has 0 bridgehead atoms. The first-order chi connectivity index (χ1) is 10.5. The summed E-state index contributed by atoms with van der Waals surface area (Å²) < 4.78 is 1.43. The van der Waals surface area contributed by atoms with Crippen LogP contribution in [-0.2, 0) is 16.1 Å². The zero-order chi connectivity index (χ0) is 16.1. The molecule has 2 aromatic rings. The number of carboxylic acid groups (broad SMARTS) is 1. The van der Waals surface area contributed by atoms with Gasteiger partial charge in [0.2, 0.25) is 12.3 Å². The number of aromatic nitrogens is 1. The van der Waals surface area contributed by atoms with Crippen molar-refractivity contribution in [1.82, 2.24) is 0 Å². The Bertz CT molecular complexity index is 735. The number of Topliss-reactive ketones (excluding diaryl/α,β-unsaturated/α-hetero) is 1. The molecule has 0 spiro atoms. The SMILES string of the molecule is O=C([O-])C(=O)C[n+]1ccc(C=Cc2ccc(O)c(O)c2)cc1. The first kappa shape index (κ1) is 15.2. The molecule has 0 fully saturated rings. The van der Waals surface area contributed by atoms with Gasteiger partial charge in [-0.15, -0.1) is 0 Å². The van der Waals surface area contributed by atoms with Crippen LogP contribution >= 0.6 is 0 Å². The second-order valence-electron chi connectivity index (χ2n) is 4.60. The lowest BCUT2D eigenvalue weighted by Crippen LogP contribution is -2.44. The highest BCUT2D eigenvalue weighted by molar-refractivity contribution is 6.31. The lowest BCUT2D eigenvalue weighted by molar-refractivity contribution is -0.684. The first-order valence-corrected chi connectivity index (χ1v) is 6.39. The molecule has 0 aliphatic heterocycles. The Morgan fingerprint density at radius 1 is 1.00 bits per heavy atom. The van der Waals surface area contributed by atoms with Crippen molar-refractivity contribution in [3.8, 4) is 11.5 Å². The zero-order valence-electron chi connectivity index (χ0n) is 11.5. The second-order valence-corrected chi connectivity index (χ2v) is 4.60. The topological polar surface area (TPSA) is 102 Å². The number of carbonyl (C=O) groups is 2. The van der Waals surface area contributed by atoms with Gasteiger partial charge in [-0.3, -0.25) is 4.79 Å². The van der Waals surface area contributed by atoms with E-state index in [4.69, 9.17) is 0 Å². The van der Waals surface area contributed by atoms with Crippen LogP contribution in [0.5, 0.6) is 11.5 Å². The van der Waals surface area contributed by atoms with Crippen LogP contribution in [0.15, 0.2) is 42.7 Å². The molecule has 0 saturated carbocycles. The fourth-order valence-electron chi connectivity index (χ4n) is 1.75. The van der Waals surface area contributed by atoms with Gasteiger partial charge in [-0.25, -0.2) is 0 Å². The van der Waals surface area contributed by atoms with E-state index in [1.165, 1.54) is 16.7 Å². The van der Waals surface area contributed by atoms with Crippen LogP contribution < -0.4 is 9.67 Å². The third-order valence-electron chi connectivity index (χ3n) is 2.94. The second kappa shape index (κ2) is 6.53. The summed E-state index contributed by atoms with van der Waals surface area (Å²) in [5, 5.41) is 29.0. The van der Waals surface area contributed by atoms with Gasteiger partial charge >= 0.3 is 0 Å². The molecule has 112 valence electrons. The van der Waals surface area contributed by atoms with E-state index in [-0.39, 0.29) is 18.0 Å². The number of carbonyl (C=O) groups excluding carboxylic acids is 2. The van der Waals surface area contributed by atoms with Gasteiger partial charge in [0, 0.05) is 12.1 Å². The van der Waals surface area contributed by atoms with Crippen molar-refractivity contribution in [1.29, 1.82) is 0 Å². The van der Waals surface area contributed by atoms with E-state index in [1.807, 2.05) is 0 Å². The highest BCUT2D eigenvalue weighted by Crippen LogP contribution is 2.25. The van der Waals surface area contributed by atoms with Crippen molar-refractivity contribution in [3.05, 3.63) is 53.9 Å². The zero-order valence-corrected chi connectivity index (χ0v) is 11.5. The molecular formula is C16H13NO5. The molecule has 0 radical (unpaired) electrons. The van der Waals surface area contributed by atoms with Crippen LogP contribution in [0.1, 0.15) is 11.1 Å². The third-order valence-corrected chi connectivity index (χ3v) is 2.94. The number of phenolic OH excluding ortho intramolecular Hbond substituents is 2. The van der Waals surface area contributed by atoms with Gasteiger partial charge in [0.25, 0.3) is 0 Å². The molecule has 1 aromatic heterocycles. The summed E-state index contributed by atoms with van der Waals surface area (Å²) in [5.41, 5.74) is 1.53. The van der Waals surface area contributed by atoms with Gasteiger partial charge in [0.1, 0.15) is 5.97 Å². The predicted octanol–water partition coefficient (Wildman–Crippen LogP) is -0.125. The summed E-state index contributed by atoms with van der Waals surface area (Å²) in [6, 6.07) is 7.87. The van der Waals surface area contributed by atoms with E-state index >= 15 is 0 Å². The Hall–Kier alpha value is -3.15. The smallest absolute Gasteiger partial charge is 0.242 e. The average Bonchev–Trinajstić information content (AvgIpc) is 2.49. The van der Waals surface area contributed by atoms with Crippen molar-refractivity contribution >= 4 is 23.9 Å². The summed E-state index contributed by atoms with van der Waals surface area (Å²) in [4.78, 5) is 21.4. The first-order valence-electron chi connectivity index (χ1n) is 6.39. The minimum Gasteiger partial charge on any atom is -0.542 e. The molecule has 0 saturated heterocycles. The van der Waals surface area contributed by atoms with Crippen molar-refractivity contribution in [2.45, 2.75) is 6.54 Å². The van der Waals surface area contributed by atoms with Crippen molar-refractivity contribution in [3.63, 3.8) is 0 Å². The quantitative estimate of drug-likeness (QED) is 0.455. The number of aliphatic carboxylic acids is 1. The molecule has 1 aromatic carbocycles. The maximum Gasteiger partial charge on any atom is 0.242 e. The highest BCUT2D eigenvalue weighted by Gasteiger charge is 2.09. The van der Waals surface area contributed by atoms with Crippen LogP contribution in [0.25, 0.3) is 12.2 Å². The number of aromatic hydroxyl groups is 2. The molecule has 22 heavy (non-hydrogen) atoms. The van der Waals surface area contributed by atoms with Crippen LogP contribution in [-0.4, -0.2) is 22.0 Å². The van der Waals surface area contributed by atoms with E-state index in [2.05, 4.69) is 0 Å². The Morgan fingerprint density at radius 2 is 1.64 bits per heavy atom. The predicted molar refractivity (Wildman–Crippen MR) is 75.4 cm³/mol. The molecule has 6 nitrogen and oxygen atoms in total. The van der Waals surface area contributed by atoms with E-state index < -0.39 is 11.8 Å². The number of phenols is 2. The average molecular weight is 299 g/mol. The Balaban J connectivity index is 2.07. The molecule has 2 rings (SSSR count). The number of rotatable bonds is 5. The molecule has 6 heteroatoms. The van der Waals surface area contributed by atoms with E-state index in [1.54, 1.807) is 42.7 Å². The fourth-order valence-corrected chi connectivity index (χ4v) is 1.75. The number of hydrogen-bond acceptors (Lipinski definition) is 5. The fraction of sp³-hybridized carbons (Fsp3) is 0.0625. The summed E-state index contributed by atoms with van der Waals surface area (Å²) in [6.45, 7) is -0.280. The summed E-state index contributed by atoms with van der Waals surface area (Å²) in [6.07, 6.45) is 6.67. The number of carboxylic acids is 1. The lowest BCUT2D eigenvalue weighted by atomic mass is 10.1. The monoisotopic (exact) mass is 299 g/mol. The number of pyridine rings is 1. The normalized spacial score (nSPS) is 10.7. The number of hydrogen-bond donors (Lipinski definition) is 2. The third kappa shape index (κ3) is 3.92. The van der Waals surface area contributed by atoms with E-state index in [0.29, 0.717) is 5.56 Å². The van der Waals surface area contributed by atoms with Crippen molar-refractivity contribution in [2.75, 3.05) is 0 Å². The number of ketones is 1. The molecule has 0 unspecified atom stereocenters. The highest BCUT2D eigenvalue weighted by atomic mass is 16.4. The van der Waals surface area contributed by atoms with E-state index in [9.17, 15) is 24.9 Å². The largest absolute Gasteiger partial charge is 0.542 e. The molecule has 0 atom stereocenters. The maximum absolute atomic E-state index is 11.0. The number of benzene rings is 1. The van der Waals surface area contributed by atoms with Gasteiger partial charge in [-0.1, -0.05) is 18.2 Å². The van der Waals surface area contributed by atoms with Gasteiger partial charge in [0.15, 0.2) is 23.9 Å². The van der Waals surface area contributed by atoms with Crippen molar-refractivity contribution < 1.29 is 29.5 Å². The lowest BCUT2D eigenvalue weighted by Gasteiger charge is -1.99. The van der Waals surface area contributed by atoms with Gasteiger partial charge in [0.05, 0.1) is 0 Å². The van der Waals surface area contributed by atoms with Crippen LogP contribution in [0.4, 0.5) is 0 Å². The molecule has 0 aliphatic carbocycles. The summed E-state index contributed by atoms with van der Waals surface area (Å²) in [5.74, 6) is -3.08. The van der Waals surface area contributed by atoms with Gasteiger partial charge in [-0.2, -0.15) is 4.57 Å². The molecule has 2 N–H and O–H groups in total. The Kier molecular flexibility index (Phi) is 4.53. The van der Waals surface area contributed by atoms with Crippen LogP contribution in [0, 0.1) is 0 Å². The van der Waals surface area contributed by atoms with Crippen molar-refractivity contribution in [2.24, 2.45) is 0 Å². The summed E-state index contributed by atoms with van der Waals surface area (Å²) >= 11 is 0. The molecular weight excluding hydrogens is 286 g/mol.